The van der Waals surface area contributed by atoms with Gasteiger partial charge in [-0.1, -0.05) is 0 Å². The molecular formula is C17H23N3O3. The molecule has 2 aromatic rings. The number of aliphatic hydroxyl groups is 1. The van der Waals surface area contributed by atoms with E-state index in [9.17, 15) is 0 Å². The zero-order valence-corrected chi connectivity index (χ0v) is 13.3. The van der Waals surface area contributed by atoms with Gasteiger partial charge in [0.15, 0.2) is 11.5 Å². The van der Waals surface area contributed by atoms with Crippen molar-refractivity contribution < 1.29 is 14.6 Å². The first-order valence-corrected chi connectivity index (χ1v) is 8.04. The molecular weight excluding hydrogens is 294 g/mol. The number of H-pyrrole nitrogens is 1. The molecule has 3 rings (SSSR count). The van der Waals surface area contributed by atoms with Gasteiger partial charge < -0.3 is 19.9 Å². The smallest absolute Gasteiger partial charge is 0.162 e. The Labute approximate surface area is 135 Å². The first-order valence-electron chi connectivity index (χ1n) is 8.04. The molecule has 6 heteroatoms. The number of fused-ring (bicyclic) bond motifs is 1. The minimum atomic E-state index is 0.236. The van der Waals surface area contributed by atoms with Gasteiger partial charge in [-0.2, -0.15) is 5.10 Å². The molecule has 0 saturated heterocycles. The molecule has 3 N–H and O–H groups in total. The van der Waals surface area contributed by atoms with Crippen molar-refractivity contribution >= 4 is 0 Å². The molecule has 1 aliphatic heterocycles. The van der Waals surface area contributed by atoms with E-state index in [0.717, 1.165) is 47.7 Å². The lowest BCUT2D eigenvalue weighted by atomic mass is 10.1. The van der Waals surface area contributed by atoms with Crippen LogP contribution < -0.4 is 14.8 Å². The highest BCUT2D eigenvalue weighted by atomic mass is 16.6. The summed E-state index contributed by atoms with van der Waals surface area (Å²) in [6, 6.07) is 6.29. The van der Waals surface area contributed by atoms with Crippen LogP contribution in [0.2, 0.25) is 0 Å². The number of aromatic nitrogens is 2. The second-order valence-corrected chi connectivity index (χ2v) is 5.78. The fourth-order valence-corrected chi connectivity index (χ4v) is 2.68. The third-order valence-electron chi connectivity index (χ3n) is 3.98. The predicted molar refractivity (Wildman–Crippen MR) is 87.6 cm³/mol. The SMILES string of the molecule is CC(CCCO)NCc1cn[nH]c1-c1ccc2c(c1)OCCO2. The van der Waals surface area contributed by atoms with E-state index < -0.39 is 0 Å². The molecule has 6 nitrogen and oxygen atoms in total. The van der Waals surface area contributed by atoms with E-state index >= 15 is 0 Å². The Kier molecular flexibility index (Phi) is 5.15. The molecule has 0 fully saturated rings. The molecule has 124 valence electrons. The molecule has 1 aromatic carbocycles. The minimum Gasteiger partial charge on any atom is -0.486 e. The maximum atomic E-state index is 8.89. The Morgan fingerprint density at radius 1 is 1.30 bits per heavy atom. The summed E-state index contributed by atoms with van der Waals surface area (Å²) in [6.07, 6.45) is 3.61. The van der Waals surface area contributed by atoms with Crippen molar-refractivity contribution in [2.24, 2.45) is 0 Å². The normalized spacial score (nSPS) is 14.7. The molecule has 0 saturated carbocycles. The van der Waals surface area contributed by atoms with Crippen molar-refractivity contribution in [2.75, 3.05) is 19.8 Å². The van der Waals surface area contributed by atoms with Gasteiger partial charge in [-0.3, -0.25) is 5.10 Å². The van der Waals surface area contributed by atoms with Crippen LogP contribution in [-0.4, -0.2) is 41.2 Å². The van der Waals surface area contributed by atoms with Gasteiger partial charge >= 0.3 is 0 Å². The van der Waals surface area contributed by atoms with Crippen LogP contribution in [0.4, 0.5) is 0 Å². The number of hydrogen-bond acceptors (Lipinski definition) is 5. The fraction of sp³-hybridized carbons (Fsp3) is 0.471. The van der Waals surface area contributed by atoms with Crippen molar-refractivity contribution in [1.82, 2.24) is 15.5 Å². The number of benzene rings is 1. The van der Waals surface area contributed by atoms with Crippen molar-refractivity contribution in [2.45, 2.75) is 32.4 Å². The first-order chi connectivity index (χ1) is 11.3. The Bertz CT molecular complexity index is 642. The van der Waals surface area contributed by atoms with Gasteiger partial charge in [0.05, 0.1) is 11.9 Å². The van der Waals surface area contributed by atoms with Gasteiger partial charge in [-0.15, -0.1) is 0 Å². The first kappa shape index (κ1) is 15.8. The van der Waals surface area contributed by atoms with Gasteiger partial charge in [-0.05, 0) is 38.0 Å². The number of ether oxygens (including phenoxy) is 2. The lowest BCUT2D eigenvalue weighted by Crippen LogP contribution is -2.25. The summed E-state index contributed by atoms with van der Waals surface area (Å²) >= 11 is 0. The third-order valence-corrected chi connectivity index (χ3v) is 3.98. The highest BCUT2D eigenvalue weighted by molar-refractivity contribution is 5.66. The largest absolute Gasteiger partial charge is 0.486 e. The average molecular weight is 317 g/mol. The van der Waals surface area contributed by atoms with Crippen LogP contribution in [0.5, 0.6) is 11.5 Å². The average Bonchev–Trinajstić information content (AvgIpc) is 3.06. The van der Waals surface area contributed by atoms with Gasteiger partial charge in [0.1, 0.15) is 13.2 Å². The number of nitrogens with zero attached hydrogens (tertiary/aromatic N) is 1. The molecule has 1 atom stereocenters. The van der Waals surface area contributed by atoms with E-state index in [1.807, 2.05) is 24.4 Å². The molecule has 1 aliphatic rings. The van der Waals surface area contributed by atoms with Crippen LogP contribution in [0, 0.1) is 0 Å². The van der Waals surface area contributed by atoms with Gasteiger partial charge in [-0.25, -0.2) is 0 Å². The van der Waals surface area contributed by atoms with Crippen LogP contribution in [0.25, 0.3) is 11.3 Å². The second kappa shape index (κ2) is 7.48. The van der Waals surface area contributed by atoms with Crippen molar-refractivity contribution in [3.05, 3.63) is 30.0 Å². The summed E-state index contributed by atoms with van der Waals surface area (Å²) in [4.78, 5) is 0. The van der Waals surface area contributed by atoms with Crippen LogP contribution in [0.3, 0.4) is 0 Å². The summed E-state index contributed by atoms with van der Waals surface area (Å²) in [5.41, 5.74) is 3.13. The monoisotopic (exact) mass is 317 g/mol. The maximum Gasteiger partial charge on any atom is 0.162 e. The summed E-state index contributed by atoms with van der Waals surface area (Å²) in [6.45, 7) is 4.26. The summed E-state index contributed by atoms with van der Waals surface area (Å²) < 4.78 is 11.2. The molecule has 1 aromatic heterocycles. The fourth-order valence-electron chi connectivity index (χ4n) is 2.68. The minimum absolute atomic E-state index is 0.236. The lowest BCUT2D eigenvalue weighted by Gasteiger charge is -2.19. The van der Waals surface area contributed by atoms with Gasteiger partial charge in [0.25, 0.3) is 0 Å². The molecule has 0 radical (unpaired) electrons. The second-order valence-electron chi connectivity index (χ2n) is 5.78. The van der Waals surface area contributed by atoms with Crippen LogP contribution >= 0.6 is 0 Å². The number of hydrogen-bond donors (Lipinski definition) is 3. The maximum absolute atomic E-state index is 8.89. The van der Waals surface area contributed by atoms with Crippen LogP contribution in [0.1, 0.15) is 25.3 Å². The molecule has 23 heavy (non-hydrogen) atoms. The molecule has 2 heterocycles. The van der Waals surface area contributed by atoms with Crippen LogP contribution in [-0.2, 0) is 6.54 Å². The quantitative estimate of drug-likeness (QED) is 0.729. The molecule has 0 spiro atoms. The van der Waals surface area contributed by atoms with E-state index in [4.69, 9.17) is 14.6 Å². The number of rotatable bonds is 7. The summed E-state index contributed by atoms with van der Waals surface area (Å²) in [7, 11) is 0. The molecule has 0 aliphatic carbocycles. The van der Waals surface area contributed by atoms with E-state index in [1.165, 1.54) is 0 Å². The Morgan fingerprint density at radius 2 is 2.13 bits per heavy atom. The highest BCUT2D eigenvalue weighted by Crippen LogP contribution is 2.34. The topological polar surface area (TPSA) is 79.4 Å². The Hall–Kier alpha value is -2.05. The summed E-state index contributed by atoms with van der Waals surface area (Å²) in [5.74, 6) is 1.57. The summed E-state index contributed by atoms with van der Waals surface area (Å²) in [5, 5.41) is 19.6. The number of aromatic amines is 1. The zero-order chi connectivity index (χ0) is 16.1. The van der Waals surface area contributed by atoms with Crippen molar-refractivity contribution in [1.29, 1.82) is 0 Å². The van der Waals surface area contributed by atoms with E-state index in [0.29, 0.717) is 19.3 Å². The standard InChI is InChI=1S/C17H23N3O3/c1-12(3-2-6-21)18-10-14-11-19-20-17(14)13-4-5-15-16(9-13)23-8-7-22-15/h4-5,9,11-12,18,21H,2-3,6-8,10H2,1H3,(H,19,20). The zero-order valence-electron chi connectivity index (χ0n) is 13.3. The van der Waals surface area contributed by atoms with Gasteiger partial charge in [0, 0.05) is 30.3 Å². The number of nitrogens with one attached hydrogen (secondary N) is 2. The van der Waals surface area contributed by atoms with Crippen LogP contribution in [0.15, 0.2) is 24.4 Å². The molecule has 0 bridgehead atoms. The van der Waals surface area contributed by atoms with E-state index in [-0.39, 0.29) is 6.61 Å². The highest BCUT2D eigenvalue weighted by Gasteiger charge is 2.15. The Morgan fingerprint density at radius 3 is 2.96 bits per heavy atom. The molecule has 1 unspecified atom stereocenters. The Balaban J connectivity index is 1.70. The van der Waals surface area contributed by atoms with Crippen molar-refractivity contribution in [3.8, 4) is 22.8 Å². The van der Waals surface area contributed by atoms with Crippen molar-refractivity contribution in [3.63, 3.8) is 0 Å². The van der Waals surface area contributed by atoms with Gasteiger partial charge in [0.2, 0.25) is 0 Å². The van der Waals surface area contributed by atoms with E-state index in [1.54, 1.807) is 0 Å². The predicted octanol–water partition coefficient (Wildman–Crippen LogP) is 2.10. The number of aliphatic hydroxyl groups excluding tert-OH is 1. The van der Waals surface area contributed by atoms with E-state index in [2.05, 4.69) is 22.4 Å². The third kappa shape index (κ3) is 3.83. The molecule has 0 amide bonds. The lowest BCUT2D eigenvalue weighted by molar-refractivity contribution is 0.171.